The van der Waals surface area contributed by atoms with Crippen molar-refractivity contribution < 1.29 is 0 Å². The fourth-order valence-corrected chi connectivity index (χ4v) is 12.8. The molecule has 7 aromatic carbocycles. The van der Waals surface area contributed by atoms with Crippen molar-refractivity contribution in [3.05, 3.63) is 263 Å². The molecule has 268 valence electrons. The van der Waals surface area contributed by atoms with Crippen LogP contribution in [0.15, 0.2) is 241 Å². The molecular formula is C54H42P2. The van der Waals surface area contributed by atoms with Gasteiger partial charge in [0.05, 0.1) is 0 Å². The van der Waals surface area contributed by atoms with Gasteiger partial charge in [-0.25, -0.2) is 0 Å². The van der Waals surface area contributed by atoms with Gasteiger partial charge >= 0.3 is 0 Å². The van der Waals surface area contributed by atoms with Gasteiger partial charge in [-0.3, -0.25) is 0 Å². The molecule has 0 nitrogen and oxygen atoms in total. The van der Waals surface area contributed by atoms with E-state index in [1.165, 1.54) is 76.9 Å². The van der Waals surface area contributed by atoms with Crippen molar-refractivity contribution >= 4 is 59.9 Å². The molecule has 56 heavy (non-hydrogen) atoms. The first-order valence-corrected chi connectivity index (χ1v) is 22.4. The average molecular weight is 753 g/mol. The van der Waals surface area contributed by atoms with Crippen molar-refractivity contribution in [2.24, 2.45) is 0 Å². The van der Waals surface area contributed by atoms with E-state index in [-0.39, 0.29) is 0 Å². The van der Waals surface area contributed by atoms with Crippen LogP contribution in [0.2, 0.25) is 0 Å². The van der Waals surface area contributed by atoms with Crippen molar-refractivity contribution in [2.45, 2.75) is 0 Å². The molecule has 0 saturated carbocycles. The van der Waals surface area contributed by atoms with Gasteiger partial charge < -0.3 is 0 Å². The summed E-state index contributed by atoms with van der Waals surface area (Å²) >= 11 is 0. The van der Waals surface area contributed by atoms with Gasteiger partial charge in [0.15, 0.2) is 0 Å². The quantitative estimate of drug-likeness (QED) is 0.122. The fourth-order valence-electron chi connectivity index (χ4n) is 8.02. The first kappa shape index (κ1) is 35.8. The highest BCUT2D eigenvalue weighted by atomic mass is 31.1. The van der Waals surface area contributed by atoms with Crippen molar-refractivity contribution in [1.29, 1.82) is 0 Å². The summed E-state index contributed by atoms with van der Waals surface area (Å²) in [6.07, 6.45) is 11.4. The van der Waals surface area contributed by atoms with Crippen LogP contribution in [0.25, 0.3) is 22.8 Å². The van der Waals surface area contributed by atoms with Crippen LogP contribution >= 0.6 is 15.8 Å². The molecule has 7 aromatic rings. The minimum Gasteiger partial charge on any atom is -0.0622 e. The van der Waals surface area contributed by atoms with Gasteiger partial charge in [-0.15, -0.1) is 0 Å². The summed E-state index contributed by atoms with van der Waals surface area (Å²) in [7, 11) is -1.52. The third kappa shape index (κ3) is 7.52. The summed E-state index contributed by atoms with van der Waals surface area (Å²) in [4.78, 5) is 0. The Kier molecular flexibility index (Phi) is 10.8. The summed E-state index contributed by atoms with van der Waals surface area (Å²) in [5, 5.41) is 5.57. The van der Waals surface area contributed by atoms with Gasteiger partial charge in [-0.1, -0.05) is 231 Å². The van der Waals surface area contributed by atoms with E-state index < -0.39 is 15.8 Å². The second kappa shape index (κ2) is 16.9. The molecule has 0 N–H and O–H groups in total. The van der Waals surface area contributed by atoms with Crippen LogP contribution in [0.3, 0.4) is 0 Å². The predicted octanol–water partition coefficient (Wildman–Crippen LogP) is 12.2. The first-order valence-electron chi connectivity index (χ1n) is 19.3. The molecule has 2 aliphatic carbocycles. The zero-order valence-corrected chi connectivity index (χ0v) is 33.0. The molecule has 0 radical (unpaired) electrons. The standard InChI is InChI=1S/C54H42P2/c1-7-22-41(23-8-1)49-36-21-37-50(42-24-9-2-10-25-42)54-52(40-56(47-31-15-5-16-32-47)48-33-17-6-18-34-48)44(38-43-26-19-20-35-51(43)53(49)54)39-55(45-27-11-3-12-28-45)46-29-13-4-14-30-46/h1-38H,39-40H2. The number of hydrogen-bond acceptors (Lipinski definition) is 0. The van der Waals surface area contributed by atoms with E-state index in [0.29, 0.717) is 0 Å². The molecule has 0 unspecified atom stereocenters. The van der Waals surface area contributed by atoms with Crippen molar-refractivity contribution in [1.82, 2.24) is 0 Å². The Bertz CT molecular complexity index is 2500. The van der Waals surface area contributed by atoms with Gasteiger partial charge in [0, 0.05) is 12.3 Å². The lowest BCUT2D eigenvalue weighted by atomic mass is 9.82. The zero-order chi connectivity index (χ0) is 37.5. The largest absolute Gasteiger partial charge is 0.0622 e. The summed E-state index contributed by atoms with van der Waals surface area (Å²) in [6, 6.07) is 76.1. The Morgan fingerprint density at radius 2 is 0.804 bits per heavy atom. The number of benzene rings is 7. The molecule has 0 atom stereocenters. The second-order valence-electron chi connectivity index (χ2n) is 14.1. The van der Waals surface area contributed by atoms with Crippen LogP contribution in [-0.2, 0) is 0 Å². The third-order valence-corrected chi connectivity index (χ3v) is 15.6. The topological polar surface area (TPSA) is 0 Å². The number of hydrogen-bond donors (Lipinski definition) is 0. The lowest BCUT2D eigenvalue weighted by molar-refractivity contribution is 1.35. The highest BCUT2D eigenvalue weighted by molar-refractivity contribution is 7.73. The van der Waals surface area contributed by atoms with Crippen LogP contribution in [0, 0.1) is 0 Å². The summed E-state index contributed by atoms with van der Waals surface area (Å²) in [6.45, 7) is 0. The third-order valence-electron chi connectivity index (χ3n) is 10.6. The van der Waals surface area contributed by atoms with Gasteiger partial charge in [-0.05, 0) is 92.8 Å². The molecule has 9 rings (SSSR count). The van der Waals surface area contributed by atoms with Gasteiger partial charge in [-0.2, -0.15) is 0 Å². The SMILES string of the molecule is C1=CC(c2ccccc2)=C2C(=C(CP(c3ccccc3)c3ccccc3)C(CP(c3ccccc3)c3ccccc3)=Cc3ccccc32)C(c2ccccc2)=C1. The number of rotatable bonds is 10. The maximum atomic E-state index is 2.55. The average Bonchev–Trinajstić information content (AvgIpc) is 3.55. The molecule has 0 bridgehead atoms. The summed E-state index contributed by atoms with van der Waals surface area (Å²) in [5.41, 5.74) is 13.0. The first-order chi connectivity index (χ1) is 27.8. The Hall–Kier alpha value is -5.90. The van der Waals surface area contributed by atoms with Gasteiger partial charge in [0.25, 0.3) is 0 Å². The number of fused-ring (bicyclic) bond motifs is 3. The number of allylic oxidation sites excluding steroid dienone is 9. The van der Waals surface area contributed by atoms with Crippen LogP contribution in [0.4, 0.5) is 0 Å². The van der Waals surface area contributed by atoms with E-state index in [2.05, 4.69) is 231 Å². The minimum atomic E-state index is -0.781. The lowest BCUT2D eigenvalue weighted by Gasteiger charge is -2.28. The van der Waals surface area contributed by atoms with Crippen LogP contribution < -0.4 is 21.2 Å². The molecule has 2 aliphatic rings. The van der Waals surface area contributed by atoms with E-state index in [0.717, 1.165) is 12.3 Å². The maximum Gasteiger partial charge on any atom is 0.00167 e. The van der Waals surface area contributed by atoms with Crippen molar-refractivity contribution in [3.8, 4) is 0 Å². The van der Waals surface area contributed by atoms with Gasteiger partial charge in [0.2, 0.25) is 0 Å². The highest BCUT2D eigenvalue weighted by Crippen LogP contribution is 2.52. The lowest BCUT2D eigenvalue weighted by Crippen LogP contribution is -2.19. The molecule has 0 fully saturated rings. The molecular weight excluding hydrogens is 711 g/mol. The Labute approximate surface area is 334 Å². The molecule has 0 aromatic heterocycles. The molecule has 0 aliphatic heterocycles. The Balaban J connectivity index is 1.39. The predicted molar refractivity (Wildman–Crippen MR) is 246 cm³/mol. The van der Waals surface area contributed by atoms with E-state index in [9.17, 15) is 0 Å². The van der Waals surface area contributed by atoms with Gasteiger partial charge in [0.1, 0.15) is 0 Å². The summed E-state index contributed by atoms with van der Waals surface area (Å²) in [5.74, 6) is 0. The molecule has 0 heterocycles. The fraction of sp³-hybridized carbons (Fsp3) is 0.0370. The van der Waals surface area contributed by atoms with Crippen LogP contribution in [0.1, 0.15) is 22.3 Å². The normalized spacial score (nSPS) is 13.8. The molecule has 0 spiro atoms. The summed E-state index contributed by atoms with van der Waals surface area (Å²) < 4.78 is 0. The highest BCUT2D eigenvalue weighted by Gasteiger charge is 2.32. The Morgan fingerprint density at radius 1 is 0.375 bits per heavy atom. The van der Waals surface area contributed by atoms with Crippen molar-refractivity contribution in [2.75, 3.05) is 12.3 Å². The molecule has 0 saturated heterocycles. The monoisotopic (exact) mass is 752 g/mol. The zero-order valence-electron chi connectivity index (χ0n) is 31.2. The van der Waals surface area contributed by atoms with Crippen LogP contribution in [0.5, 0.6) is 0 Å². The van der Waals surface area contributed by atoms with E-state index >= 15 is 0 Å². The van der Waals surface area contributed by atoms with E-state index in [1.54, 1.807) is 0 Å². The Morgan fingerprint density at radius 3 is 1.32 bits per heavy atom. The van der Waals surface area contributed by atoms with E-state index in [4.69, 9.17) is 0 Å². The maximum absolute atomic E-state index is 2.55. The smallest absolute Gasteiger partial charge is 0.00167 e. The van der Waals surface area contributed by atoms with E-state index in [1.807, 2.05) is 0 Å². The second-order valence-corrected chi connectivity index (χ2v) is 18.5. The minimum absolute atomic E-state index is 0.736. The van der Waals surface area contributed by atoms with Crippen LogP contribution in [-0.4, -0.2) is 12.3 Å². The molecule has 2 heteroatoms. The van der Waals surface area contributed by atoms with Crippen molar-refractivity contribution in [3.63, 3.8) is 0 Å². The molecule has 0 amide bonds.